The van der Waals surface area contributed by atoms with Crippen molar-refractivity contribution >= 4 is 0 Å². The van der Waals surface area contributed by atoms with Crippen molar-refractivity contribution in [1.29, 1.82) is 0 Å². The fourth-order valence-electron chi connectivity index (χ4n) is 1.08. The molecule has 0 unspecified atom stereocenters. The van der Waals surface area contributed by atoms with Crippen molar-refractivity contribution in [2.45, 2.75) is 0 Å². The topological polar surface area (TPSA) is 46.0 Å². The van der Waals surface area contributed by atoms with Gasteiger partial charge in [0, 0.05) is 5.56 Å². The molecule has 0 atom stereocenters. The maximum atomic E-state index is 9.22. The number of hydrogen-bond acceptors (Lipinski definition) is 3. The van der Waals surface area contributed by atoms with Crippen LogP contribution in [0.15, 0.2) is 36.7 Å². The van der Waals surface area contributed by atoms with E-state index in [0.717, 1.165) is 11.3 Å². The number of hydrogen-bond donors (Lipinski definition) is 1. The molecule has 1 radical (unpaired) electrons. The number of nitrogens with zero attached hydrogens (tertiary/aromatic N) is 2. The van der Waals surface area contributed by atoms with Crippen LogP contribution in [0.25, 0.3) is 11.3 Å². The van der Waals surface area contributed by atoms with E-state index < -0.39 is 0 Å². The Labute approximate surface area is 75.7 Å². The monoisotopic (exact) mass is 171 g/mol. The molecule has 3 heteroatoms. The predicted molar refractivity (Wildman–Crippen MR) is 48.0 cm³/mol. The van der Waals surface area contributed by atoms with Gasteiger partial charge in [-0.15, -0.1) is 0 Å². The summed E-state index contributed by atoms with van der Waals surface area (Å²) in [6.45, 7) is 0. The van der Waals surface area contributed by atoms with E-state index in [9.17, 15) is 5.11 Å². The molecule has 0 aliphatic carbocycles. The van der Waals surface area contributed by atoms with Gasteiger partial charge in [-0.2, -0.15) is 0 Å². The van der Waals surface area contributed by atoms with Crippen LogP contribution in [0, 0.1) is 6.20 Å². The number of aromatic hydroxyl groups is 1. The van der Waals surface area contributed by atoms with Gasteiger partial charge in [0.05, 0.1) is 18.1 Å². The zero-order chi connectivity index (χ0) is 9.10. The third kappa shape index (κ3) is 1.64. The van der Waals surface area contributed by atoms with Crippen molar-refractivity contribution in [3.8, 4) is 17.0 Å². The van der Waals surface area contributed by atoms with Gasteiger partial charge >= 0.3 is 0 Å². The Bertz CT molecular complexity index is 401. The van der Waals surface area contributed by atoms with Crippen LogP contribution in [0.1, 0.15) is 0 Å². The van der Waals surface area contributed by atoms with E-state index in [-0.39, 0.29) is 5.75 Å². The predicted octanol–water partition coefficient (Wildman–Crippen LogP) is 1.65. The molecule has 2 rings (SSSR count). The van der Waals surface area contributed by atoms with E-state index >= 15 is 0 Å². The molecule has 0 aliphatic rings. The molecule has 0 fully saturated rings. The number of benzene rings is 1. The molecule has 1 N–H and O–H groups in total. The van der Waals surface area contributed by atoms with Gasteiger partial charge in [0.15, 0.2) is 0 Å². The molecule has 0 spiro atoms. The Morgan fingerprint density at radius 2 is 2.23 bits per heavy atom. The van der Waals surface area contributed by atoms with E-state index in [1.54, 1.807) is 24.4 Å². The summed E-state index contributed by atoms with van der Waals surface area (Å²) in [6.07, 6.45) is 5.70. The number of phenols is 1. The van der Waals surface area contributed by atoms with Crippen LogP contribution >= 0.6 is 0 Å². The largest absolute Gasteiger partial charge is 0.508 e. The molecule has 2 aromatic rings. The highest BCUT2D eigenvalue weighted by molar-refractivity contribution is 5.59. The quantitative estimate of drug-likeness (QED) is 0.709. The van der Waals surface area contributed by atoms with Crippen molar-refractivity contribution in [3.63, 3.8) is 0 Å². The fourth-order valence-corrected chi connectivity index (χ4v) is 1.08. The lowest BCUT2D eigenvalue weighted by Crippen LogP contribution is -1.83. The molecule has 1 heterocycles. The highest BCUT2D eigenvalue weighted by atomic mass is 16.3. The molecule has 0 amide bonds. The highest BCUT2D eigenvalue weighted by Crippen LogP contribution is 2.19. The lowest BCUT2D eigenvalue weighted by atomic mass is 10.1. The van der Waals surface area contributed by atoms with Gasteiger partial charge in [0.25, 0.3) is 0 Å². The fraction of sp³-hybridized carbons (Fsp3) is 0. The van der Waals surface area contributed by atoms with Crippen LogP contribution < -0.4 is 0 Å². The van der Waals surface area contributed by atoms with Crippen LogP contribution in [-0.4, -0.2) is 15.1 Å². The molecule has 63 valence electrons. The van der Waals surface area contributed by atoms with Crippen molar-refractivity contribution in [2.24, 2.45) is 0 Å². The molecule has 0 aliphatic heterocycles. The van der Waals surface area contributed by atoms with Crippen molar-refractivity contribution in [1.82, 2.24) is 9.97 Å². The lowest BCUT2D eigenvalue weighted by Gasteiger charge is -1.98. The van der Waals surface area contributed by atoms with Gasteiger partial charge in [-0.1, -0.05) is 12.1 Å². The molecule has 13 heavy (non-hydrogen) atoms. The smallest absolute Gasteiger partial charge is 0.116 e. The zero-order valence-corrected chi connectivity index (χ0v) is 6.81. The second-order valence-corrected chi connectivity index (χ2v) is 2.58. The average molecular weight is 171 g/mol. The Morgan fingerprint density at radius 3 is 2.92 bits per heavy atom. The van der Waals surface area contributed by atoms with Gasteiger partial charge < -0.3 is 5.11 Å². The summed E-state index contributed by atoms with van der Waals surface area (Å²) < 4.78 is 0. The summed E-state index contributed by atoms with van der Waals surface area (Å²) in [5, 5.41) is 9.22. The standard InChI is InChI=1S/C10H7N2O/c13-9-3-1-2-8(6-9)10-7-11-4-5-12-10/h1-3,5-7,13H. The van der Waals surface area contributed by atoms with E-state index in [4.69, 9.17) is 0 Å². The summed E-state index contributed by atoms with van der Waals surface area (Å²) in [4.78, 5) is 7.88. The van der Waals surface area contributed by atoms with E-state index in [1.807, 2.05) is 6.07 Å². The minimum Gasteiger partial charge on any atom is -0.508 e. The number of rotatable bonds is 1. The first-order chi connectivity index (χ1) is 6.36. The second kappa shape index (κ2) is 3.23. The maximum Gasteiger partial charge on any atom is 0.116 e. The van der Waals surface area contributed by atoms with Crippen LogP contribution in [0.5, 0.6) is 5.75 Å². The maximum absolute atomic E-state index is 9.22. The summed E-state index contributed by atoms with van der Waals surface area (Å²) in [7, 11) is 0. The third-order valence-electron chi connectivity index (χ3n) is 1.66. The first kappa shape index (κ1) is 7.73. The Kier molecular flexibility index (Phi) is 1.92. The van der Waals surface area contributed by atoms with Crippen molar-refractivity contribution in [2.75, 3.05) is 0 Å². The molecule has 0 saturated heterocycles. The Balaban J connectivity index is 2.48. The van der Waals surface area contributed by atoms with E-state index in [2.05, 4.69) is 16.2 Å². The van der Waals surface area contributed by atoms with Crippen molar-refractivity contribution in [3.05, 3.63) is 42.9 Å². The SMILES string of the molecule is Oc1cccc(-c2cn[c]cn2)c1. The summed E-state index contributed by atoms with van der Waals surface area (Å²) >= 11 is 0. The minimum atomic E-state index is 0.229. The first-order valence-corrected chi connectivity index (χ1v) is 3.84. The summed E-state index contributed by atoms with van der Waals surface area (Å²) in [6, 6.07) is 6.89. The molecular weight excluding hydrogens is 164 g/mol. The average Bonchev–Trinajstić information content (AvgIpc) is 2.19. The molecule has 3 nitrogen and oxygen atoms in total. The molecule has 0 saturated carbocycles. The third-order valence-corrected chi connectivity index (χ3v) is 1.66. The van der Waals surface area contributed by atoms with Gasteiger partial charge in [0.1, 0.15) is 11.9 Å². The molecule has 1 aromatic heterocycles. The Morgan fingerprint density at radius 1 is 1.31 bits per heavy atom. The van der Waals surface area contributed by atoms with Gasteiger partial charge in [0.2, 0.25) is 0 Å². The Hall–Kier alpha value is -1.90. The summed E-state index contributed by atoms with van der Waals surface area (Å²) in [5.74, 6) is 0.229. The van der Waals surface area contributed by atoms with Gasteiger partial charge in [-0.25, -0.2) is 0 Å². The molecule has 1 aromatic carbocycles. The van der Waals surface area contributed by atoms with Crippen molar-refractivity contribution < 1.29 is 5.11 Å². The van der Waals surface area contributed by atoms with E-state index in [0.29, 0.717) is 0 Å². The zero-order valence-electron chi connectivity index (χ0n) is 6.81. The second-order valence-electron chi connectivity index (χ2n) is 2.58. The van der Waals surface area contributed by atoms with Crippen LogP contribution in [-0.2, 0) is 0 Å². The molecule has 0 bridgehead atoms. The van der Waals surface area contributed by atoms with E-state index in [1.165, 1.54) is 6.20 Å². The number of aromatic nitrogens is 2. The van der Waals surface area contributed by atoms with Gasteiger partial charge in [-0.05, 0) is 12.1 Å². The number of phenolic OH excluding ortho intramolecular Hbond substituents is 1. The van der Waals surface area contributed by atoms with Gasteiger partial charge in [-0.3, -0.25) is 9.97 Å². The molecular formula is C10H7N2O. The van der Waals surface area contributed by atoms with Crippen LogP contribution in [0.4, 0.5) is 0 Å². The normalized spacial score (nSPS) is 9.85. The summed E-state index contributed by atoms with van der Waals surface area (Å²) in [5.41, 5.74) is 1.58. The van der Waals surface area contributed by atoms with Crippen LogP contribution in [0.2, 0.25) is 0 Å². The highest BCUT2D eigenvalue weighted by Gasteiger charge is 1.98. The van der Waals surface area contributed by atoms with Crippen LogP contribution in [0.3, 0.4) is 0 Å². The lowest BCUT2D eigenvalue weighted by molar-refractivity contribution is 0.475. The minimum absolute atomic E-state index is 0.229. The first-order valence-electron chi connectivity index (χ1n) is 3.84.